The van der Waals surface area contributed by atoms with Crippen molar-refractivity contribution < 1.29 is 28.4 Å². The van der Waals surface area contributed by atoms with E-state index >= 15 is 0 Å². The second-order valence-electron chi connectivity index (χ2n) is 12.1. The van der Waals surface area contributed by atoms with Crippen molar-refractivity contribution in [1.82, 2.24) is 9.80 Å². The Hall–Kier alpha value is -0.840. The molecule has 4 unspecified atom stereocenters. The van der Waals surface area contributed by atoms with E-state index < -0.39 is 0 Å². The Labute approximate surface area is 250 Å². The molecule has 2 aliphatic carbocycles. The third-order valence-electron chi connectivity index (χ3n) is 9.55. The normalized spacial score (nSPS) is 34.5. The second-order valence-corrected chi connectivity index (χ2v) is 12.1. The van der Waals surface area contributed by atoms with Gasteiger partial charge in [-0.1, -0.05) is 24.3 Å². The summed E-state index contributed by atoms with van der Waals surface area (Å²) in [6.45, 7) is 7.19. The number of hydrogen-bond donors (Lipinski definition) is 0. The fourth-order valence-electron chi connectivity index (χ4n) is 7.16. The van der Waals surface area contributed by atoms with Gasteiger partial charge in [-0.25, -0.2) is 0 Å². The van der Waals surface area contributed by atoms with Crippen molar-refractivity contribution in [2.75, 3.05) is 81.9 Å². The molecule has 1 heterocycles. The molecule has 0 bridgehead atoms. The minimum atomic E-state index is 0.0217. The molecule has 2 saturated carbocycles. The molecule has 0 radical (unpaired) electrons. The quantitative estimate of drug-likeness (QED) is 0.194. The highest BCUT2D eigenvalue weighted by molar-refractivity contribution is 4.99. The van der Waals surface area contributed by atoms with E-state index in [1.54, 1.807) is 42.7 Å². The highest BCUT2D eigenvalue weighted by Crippen LogP contribution is 2.32. The van der Waals surface area contributed by atoms with Gasteiger partial charge in [0.15, 0.2) is 0 Å². The SMILES string of the molecule is COC1CC(C=CCCCN2CCCN(CCCC=CC3CC(OC)C(OC)C(OC)C3)CC2)CC(OC)C1OC. The topological polar surface area (TPSA) is 61.9 Å². The number of hydrogen-bond acceptors (Lipinski definition) is 8. The van der Waals surface area contributed by atoms with Crippen LogP contribution in [0.15, 0.2) is 24.3 Å². The van der Waals surface area contributed by atoms with Gasteiger partial charge in [0.05, 0.1) is 24.4 Å². The monoisotopic (exact) mass is 580 g/mol. The fourth-order valence-corrected chi connectivity index (χ4v) is 7.16. The fraction of sp³-hybridized carbons (Fsp3) is 0.879. The highest BCUT2D eigenvalue weighted by atomic mass is 16.6. The van der Waals surface area contributed by atoms with Crippen LogP contribution in [0.2, 0.25) is 0 Å². The van der Waals surface area contributed by atoms with E-state index in [1.165, 1.54) is 58.5 Å². The van der Waals surface area contributed by atoms with Crippen LogP contribution in [-0.2, 0) is 28.4 Å². The first-order valence-corrected chi connectivity index (χ1v) is 16.0. The molecule has 41 heavy (non-hydrogen) atoms. The maximum absolute atomic E-state index is 5.70. The molecule has 3 rings (SSSR count). The molecule has 3 aliphatic rings. The van der Waals surface area contributed by atoms with Crippen LogP contribution < -0.4 is 0 Å². The maximum atomic E-state index is 5.70. The van der Waals surface area contributed by atoms with E-state index in [-0.39, 0.29) is 36.6 Å². The minimum Gasteiger partial charge on any atom is -0.379 e. The van der Waals surface area contributed by atoms with Crippen molar-refractivity contribution in [3.63, 3.8) is 0 Å². The average Bonchev–Trinajstić information content (AvgIpc) is 3.24. The van der Waals surface area contributed by atoms with Crippen molar-refractivity contribution in [3.05, 3.63) is 24.3 Å². The molecule has 0 aromatic heterocycles. The molecule has 8 heteroatoms. The number of ether oxygens (including phenoxy) is 6. The molecular formula is C33H60N2O6. The average molecular weight is 581 g/mol. The zero-order valence-electron chi connectivity index (χ0n) is 26.9. The van der Waals surface area contributed by atoms with Gasteiger partial charge in [-0.05, 0) is 95.8 Å². The summed E-state index contributed by atoms with van der Waals surface area (Å²) in [5, 5.41) is 0. The van der Waals surface area contributed by atoms with Gasteiger partial charge < -0.3 is 38.2 Å². The lowest BCUT2D eigenvalue weighted by atomic mass is 9.82. The number of allylic oxidation sites excluding steroid dienone is 4. The van der Waals surface area contributed by atoms with Crippen molar-refractivity contribution in [3.8, 4) is 0 Å². The summed E-state index contributed by atoms with van der Waals surface area (Å²) >= 11 is 0. The third kappa shape index (κ3) is 11.0. The predicted octanol–water partition coefficient (Wildman–Crippen LogP) is 4.58. The summed E-state index contributed by atoms with van der Waals surface area (Å²) < 4.78 is 34.1. The molecule has 3 fully saturated rings. The van der Waals surface area contributed by atoms with E-state index in [0.29, 0.717) is 11.8 Å². The number of nitrogens with zero attached hydrogens (tertiary/aromatic N) is 2. The number of rotatable bonds is 16. The number of unbranched alkanes of at least 4 members (excludes halogenated alkanes) is 2. The van der Waals surface area contributed by atoms with Crippen molar-refractivity contribution in [2.45, 2.75) is 94.4 Å². The van der Waals surface area contributed by atoms with Gasteiger partial charge in [-0.2, -0.15) is 0 Å². The van der Waals surface area contributed by atoms with Crippen LogP contribution in [-0.4, -0.2) is 128 Å². The smallest absolute Gasteiger partial charge is 0.109 e. The molecule has 4 atom stereocenters. The summed E-state index contributed by atoms with van der Waals surface area (Å²) in [6.07, 6.45) is 19.9. The first kappa shape index (κ1) is 34.6. The van der Waals surface area contributed by atoms with Gasteiger partial charge >= 0.3 is 0 Å². The van der Waals surface area contributed by atoms with Gasteiger partial charge in [-0.15, -0.1) is 0 Å². The summed E-state index contributed by atoms with van der Waals surface area (Å²) in [5.74, 6) is 0.987. The Bertz CT molecular complexity index is 663. The Morgan fingerprint density at radius 1 is 0.512 bits per heavy atom. The molecule has 0 aromatic rings. The Morgan fingerprint density at radius 2 is 0.878 bits per heavy atom. The first-order valence-electron chi connectivity index (χ1n) is 16.0. The van der Waals surface area contributed by atoms with Gasteiger partial charge in [-0.3, -0.25) is 0 Å². The first-order chi connectivity index (χ1) is 20.1. The molecule has 8 nitrogen and oxygen atoms in total. The summed E-state index contributed by atoms with van der Waals surface area (Å²) in [6, 6.07) is 0. The van der Waals surface area contributed by atoms with E-state index in [0.717, 1.165) is 38.5 Å². The molecule has 0 aromatic carbocycles. The predicted molar refractivity (Wildman–Crippen MR) is 164 cm³/mol. The van der Waals surface area contributed by atoms with E-state index in [9.17, 15) is 0 Å². The van der Waals surface area contributed by atoms with Crippen LogP contribution in [0.5, 0.6) is 0 Å². The Kier molecular flexibility index (Phi) is 16.4. The number of methoxy groups -OCH3 is 6. The summed E-state index contributed by atoms with van der Waals surface area (Å²) in [5.41, 5.74) is 0. The minimum absolute atomic E-state index is 0.0217. The van der Waals surface area contributed by atoms with E-state index in [2.05, 4.69) is 34.1 Å². The highest BCUT2D eigenvalue weighted by Gasteiger charge is 2.38. The Balaban J connectivity index is 1.28. The molecule has 0 N–H and O–H groups in total. The molecule has 0 amide bonds. The molecule has 1 saturated heterocycles. The van der Waals surface area contributed by atoms with E-state index in [4.69, 9.17) is 28.4 Å². The Morgan fingerprint density at radius 3 is 1.20 bits per heavy atom. The van der Waals surface area contributed by atoms with Crippen molar-refractivity contribution in [2.24, 2.45) is 11.8 Å². The second kappa shape index (κ2) is 19.4. The molecule has 1 aliphatic heterocycles. The zero-order chi connectivity index (χ0) is 29.5. The van der Waals surface area contributed by atoms with E-state index in [1.807, 2.05) is 0 Å². The van der Waals surface area contributed by atoms with Crippen molar-refractivity contribution in [1.29, 1.82) is 0 Å². The van der Waals surface area contributed by atoms with Crippen LogP contribution in [0, 0.1) is 11.8 Å². The summed E-state index contributed by atoms with van der Waals surface area (Å²) in [4.78, 5) is 5.32. The van der Waals surface area contributed by atoms with Crippen LogP contribution >= 0.6 is 0 Å². The van der Waals surface area contributed by atoms with Gasteiger partial charge in [0.1, 0.15) is 12.2 Å². The van der Waals surface area contributed by atoms with Gasteiger partial charge in [0.2, 0.25) is 0 Å². The van der Waals surface area contributed by atoms with Crippen LogP contribution in [0.1, 0.15) is 57.8 Å². The summed E-state index contributed by atoms with van der Waals surface area (Å²) in [7, 11) is 10.6. The lowest BCUT2D eigenvalue weighted by Gasteiger charge is -2.38. The largest absolute Gasteiger partial charge is 0.379 e. The lowest BCUT2D eigenvalue weighted by molar-refractivity contribution is -0.136. The molecule has 0 spiro atoms. The lowest BCUT2D eigenvalue weighted by Crippen LogP contribution is -2.47. The molecular weight excluding hydrogens is 520 g/mol. The third-order valence-corrected chi connectivity index (χ3v) is 9.55. The van der Waals surface area contributed by atoms with Crippen LogP contribution in [0.4, 0.5) is 0 Å². The standard InChI is InChI=1S/C33H60N2O6/c1-36-28-22-26(23-29(37-2)32(28)40-5)14-9-7-11-16-34-18-13-19-35(21-20-34)17-12-8-10-15-27-24-30(38-3)33(41-6)31(25-27)39-4/h9-10,14-15,26-33H,7-8,11-13,16-25H2,1-6H3. The van der Waals surface area contributed by atoms with Crippen LogP contribution in [0.3, 0.4) is 0 Å². The van der Waals surface area contributed by atoms with Crippen LogP contribution in [0.25, 0.3) is 0 Å². The van der Waals surface area contributed by atoms with Crippen molar-refractivity contribution >= 4 is 0 Å². The zero-order valence-corrected chi connectivity index (χ0v) is 26.9. The van der Waals surface area contributed by atoms with Gasteiger partial charge in [0, 0.05) is 55.7 Å². The maximum Gasteiger partial charge on any atom is 0.109 e. The van der Waals surface area contributed by atoms with Gasteiger partial charge in [0.25, 0.3) is 0 Å². The molecule has 238 valence electrons.